The number of nitrogens with zero attached hydrogens (tertiary/aromatic N) is 1. The molecular weight excluding hydrogens is 612 g/mol. The second kappa shape index (κ2) is 14.0. The first-order valence-corrected chi connectivity index (χ1v) is 18.0. The fourth-order valence-electron chi connectivity index (χ4n) is 7.12. The van der Waals surface area contributed by atoms with Gasteiger partial charge < -0.3 is 19.1 Å². The average molecular weight is 659 g/mol. The number of halogens is 1. The van der Waals surface area contributed by atoms with Crippen molar-refractivity contribution in [2.24, 2.45) is 17.8 Å². The predicted molar refractivity (Wildman–Crippen MR) is 179 cm³/mol. The number of methoxy groups -OCH3 is 2. The fraction of sp³-hybridized carbons (Fsp3) is 0.571. The molecule has 2 aliphatic heterocycles. The Morgan fingerprint density at radius 1 is 1.09 bits per heavy atom. The number of sulfonamides is 1. The van der Waals surface area contributed by atoms with Gasteiger partial charge in [0.25, 0.3) is 5.91 Å². The Kier molecular flexibility index (Phi) is 10.5. The number of benzene rings is 2. The van der Waals surface area contributed by atoms with Crippen LogP contribution in [0.4, 0.5) is 5.69 Å². The minimum atomic E-state index is -3.94. The molecule has 8 nitrogen and oxygen atoms in total. The molecule has 1 saturated carbocycles. The highest BCUT2D eigenvalue weighted by Crippen LogP contribution is 2.48. The Labute approximate surface area is 273 Å². The number of fused-ring (bicyclic) bond motifs is 3. The van der Waals surface area contributed by atoms with Crippen molar-refractivity contribution >= 4 is 33.2 Å². The Morgan fingerprint density at radius 3 is 2.60 bits per heavy atom. The molecule has 3 aliphatic rings. The smallest absolute Gasteiger partial charge is 0.264 e. The highest BCUT2D eigenvalue weighted by molar-refractivity contribution is 7.90. The molecule has 1 aliphatic carbocycles. The predicted octanol–water partition coefficient (Wildman–Crippen LogP) is 6.55. The summed E-state index contributed by atoms with van der Waals surface area (Å²) in [6, 6.07) is 11.1. The first-order valence-electron chi connectivity index (χ1n) is 16.1. The number of aryl methyl sites for hydroxylation is 1. The molecule has 5 rings (SSSR count). The van der Waals surface area contributed by atoms with E-state index in [2.05, 4.69) is 15.7 Å². The molecule has 2 heterocycles. The van der Waals surface area contributed by atoms with Crippen LogP contribution in [0.5, 0.6) is 5.75 Å². The molecule has 0 unspecified atom stereocenters. The maximum absolute atomic E-state index is 13.4. The average Bonchev–Trinajstić information content (AvgIpc) is 3.04. The van der Waals surface area contributed by atoms with Crippen molar-refractivity contribution in [2.45, 2.75) is 82.9 Å². The number of anilines is 1. The number of allylic oxidation sites excluding steroid dienone is 1. The van der Waals surface area contributed by atoms with E-state index in [9.17, 15) is 13.2 Å². The van der Waals surface area contributed by atoms with Gasteiger partial charge in [-0.1, -0.05) is 36.7 Å². The lowest BCUT2D eigenvalue weighted by Crippen LogP contribution is -2.56. The van der Waals surface area contributed by atoms with Crippen molar-refractivity contribution in [3.63, 3.8) is 0 Å². The molecule has 1 fully saturated rings. The van der Waals surface area contributed by atoms with Gasteiger partial charge in [-0.05, 0) is 112 Å². The Morgan fingerprint density at radius 2 is 1.89 bits per heavy atom. The molecule has 246 valence electrons. The van der Waals surface area contributed by atoms with Gasteiger partial charge in [0.1, 0.15) is 18.0 Å². The van der Waals surface area contributed by atoms with E-state index in [1.807, 2.05) is 38.1 Å². The van der Waals surface area contributed by atoms with Gasteiger partial charge in [-0.15, -0.1) is 0 Å². The zero-order valence-electron chi connectivity index (χ0n) is 27.1. The second-order valence-corrected chi connectivity index (χ2v) is 15.4. The summed E-state index contributed by atoms with van der Waals surface area (Å²) < 4.78 is 47.8. The second-order valence-electron chi connectivity index (χ2n) is 13.0. The summed E-state index contributed by atoms with van der Waals surface area (Å²) in [7, 11) is -0.494. The Balaban J connectivity index is 1.60. The van der Waals surface area contributed by atoms with E-state index >= 15 is 0 Å². The van der Waals surface area contributed by atoms with Crippen LogP contribution in [0.15, 0.2) is 48.6 Å². The molecule has 6 atom stereocenters. The molecular formula is C35H47ClN2O6S. The fourth-order valence-corrected chi connectivity index (χ4v) is 8.60. The minimum absolute atomic E-state index is 0.193. The molecule has 2 aromatic carbocycles. The number of amides is 1. The van der Waals surface area contributed by atoms with Crippen molar-refractivity contribution in [3.05, 3.63) is 70.3 Å². The van der Waals surface area contributed by atoms with Gasteiger partial charge in [0.15, 0.2) is 0 Å². The van der Waals surface area contributed by atoms with Crippen molar-refractivity contribution in [3.8, 4) is 5.75 Å². The van der Waals surface area contributed by atoms with E-state index in [0.717, 1.165) is 56.4 Å². The monoisotopic (exact) mass is 658 g/mol. The summed E-state index contributed by atoms with van der Waals surface area (Å²) in [6.45, 7) is 7.44. The Hall–Kier alpha value is -2.59. The normalized spacial score (nSPS) is 30.3. The van der Waals surface area contributed by atoms with Gasteiger partial charge in [0, 0.05) is 37.9 Å². The van der Waals surface area contributed by atoms with Gasteiger partial charge in [-0.3, -0.25) is 4.79 Å². The standard InChI is InChI=1S/C35H47ClN2O6S/c1-23-9-8-17-35(43-5,25(3)42-4)31-15-12-28(31)21-38-18-7-6-10-26-19-30(36)14-11-29(26)22-44-33-16-13-27(20-32(33)38)34(39)37-45(40,41)24(23)2/h8,11,13-14,16-17,19-20,23-25,28,31H,6-7,9-10,12,15,18,21-22H2,1-5H3,(H,37,39)/b17-8+/t23-,24+,25-,28-,31+,35+/m0/s1. The molecule has 0 radical (unpaired) electrons. The molecule has 1 amide bonds. The lowest BCUT2D eigenvalue weighted by atomic mass is 9.62. The van der Waals surface area contributed by atoms with Gasteiger partial charge in [-0.25, -0.2) is 13.1 Å². The molecule has 10 heteroatoms. The van der Waals surface area contributed by atoms with Crippen LogP contribution in [0, 0.1) is 17.8 Å². The van der Waals surface area contributed by atoms with Crippen LogP contribution < -0.4 is 14.4 Å². The van der Waals surface area contributed by atoms with Gasteiger partial charge in [0.2, 0.25) is 10.0 Å². The molecule has 45 heavy (non-hydrogen) atoms. The molecule has 0 saturated heterocycles. The third kappa shape index (κ3) is 7.07. The van der Waals surface area contributed by atoms with E-state index in [1.54, 1.807) is 39.3 Å². The quantitative estimate of drug-likeness (QED) is 0.374. The Bertz CT molecular complexity index is 1510. The van der Waals surface area contributed by atoms with Crippen molar-refractivity contribution in [1.82, 2.24) is 4.72 Å². The summed E-state index contributed by atoms with van der Waals surface area (Å²) >= 11 is 6.35. The number of nitrogens with one attached hydrogen (secondary N) is 1. The van der Waals surface area contributed by atoms with E-state index in [4.69, 9.17) is 25.8 Å². The van der Waals surface area contributed by atoms with Crippen molar-refractivity contribution in [1.29, 1.82) is 0 Å². The maximum atomic E-state index is 13.4. The first-order chi connectivity index (χ1) is 21.5. The van der Waals surface area contributed by atoms with Crippen LogP contribution in [-0.2, 0) is 32.5 Å². The zero-order chi connectivity index (χ0) is 32.4. The number of hydrogen-bond donors (Lipinski definition) is 1. The third-order valence-electron chi connectivity index (χ3n) is 10.4. The lowest BCUT2D eigenvalue weighted by Gasteiger charge is -2.51. The van der Waals surface area contributed by atoms with Gasteiger partial charge in [-0.2, -0.15) is 0 Å². The maximum Gasteiger partial charge on any atom is 0.264 e. The highest BCUT2D eigenvalue weighted by atomic mass is 35.5. The number of carbonyl (C=O) groups is 1. The van der Waals surface area contributed by atoms with E-state index in [-0.39, 0.29) is 23.5 Å². The lowest BCUT2D eigenvalue weighted by molar-refractivity contribution is -0.146. The number of ether oxygens (including phenoxy) is 3. The largest absolute Gasteiger partial charge is 0.487 e. The third-order valence-corrected chi connectivity index (χ3v) is 12.6. The summed E-state index contributed by atoms with van der Waals surface area (Å²) in [6.07, 6.45) is 9.25. The van der Waals surface area contributed by atoms with E-state index < -0.39 is 26.8 Å². The zero-order valence-corrected chi connectivity index (χ0v) is 28.6. The highest BCUT2D eigenvalue weighted by Gasteiger charge is 2.50. The van der Waals surface area contributed by atoms with Gasteiger partial charge in [0.05, 0.1) is 17.0 Å². The van der Waals surface area contributed by atoms with Crippen LogP contribution in [-0.4, -0.2) is 58.6 Å². The van der Waals surface area contributed by atoms with E-state index in [1.165, 1.54) is 5.56 Å². The first kappa shape index (κ1) is 33.8. The summed E-state index contributed by atoms with van der Waals surface area (Å²) in [4.78, 5) is 15.8. The molecule has 1 N–H and O–H groups in total. The molecule has 0 aromatic heterocycles. The van der Waals surface area contributed by atoms with Crippen LogP contribution >= 0.6 is 11.6 Å². The molecule has 2 bridgehead atoms. The van der Waals surface area contributed by atoms with Crippen molar-refractivity contribution < 1.29 is 27.4 Å². The van der Waals surface area contributed by atoms with Crippen molar-refractivity contribution in [2.75, 3.05) is 32.2 Å². The molecule has 0 spiro atoms. The molecule has 2 aromatic rings. The number of rotatable bonds is 3. The van der Waals surface area contributed by atoms with Gasteiger partial charge >= 0.3 is 0 Å². The number of carbonyl (C=O) groups excluding carboxylic acids is 1. The van der Waals surface area contributed by atoms with Crippen LogP contribution in [0.2, 0.25) is 5.02 Å². The van der Waals surface area contributed by atoms with Crippen LogP contribution in [0.25, 0.3) is 0 Å². The number of hydrogen-bond acceptors (Lipinski definition) is 7. The minimum Gasteiger partial charge on any atom is -0.487 e. The topological polar surface area (TPSA) is 94.2 Å². The summed E-state index contributed by atoms with van der Waals surface area (Å²) in [5, 5.41) is -0.0816. The van der Waals surface area contributed by atoms with Crippen LogP contribution in [0.3, 0.4) is 0 Å². The van der Waals surface area contributed by atoms with E-state index in [0.29, 0.717) is 29.7 Å². The van der Waals surface area contributed by atoms with Crippen LogP contribution in [0.1, 0.15) is 74.4 Å². The summed E-state index contributed by atoms with van der Waals surface area (Å²) in [5.74, 6) is 0.279. The summed E-state index contributed by atoms with van der Waals surface area (Å²) in [5.41, 5.74) is 2.66. The SMILES string of the molecule is CO[C@@H](C)[C@]1(OC)/C=C/C[C@H](C)[C@@H](C)S(=O)(=O)NC(=O)c2ccc3c(c2)N(CCCCc2cc(Cl)ccc2CO3)C[C@@H]2CC[C@H]21.